The number of β-amino-alcohol motifs (C(OH)–C–C–N with tert-alkyl or cyclic N) is 1. The highest BCUT2D eigenvalue weighted by Gasteiger charge is 2.34. The van der Waals surface area contributed by atoms with Crippen molar-refractivity contribution in [1.29, 1.82) is 0 Å². The third-order valence-electron chi connectivity index (χ3n) is 5.03. The number of hydrogen-bond acceptors (Lipinski definition) is 7. The number of aliphatic hydroxyl groups is 1. The topological polar surface area (TPSA) is 73.6 Å². The molecule has 2 atom stereocenters. The van der Waals surface area contributed by atoms with Crippen molar-refractivity contribution in [3.63, 3.8) is 0 Å². The SMILES string of the molecule is CN(C)C[C@H]1C[C@@H](O)CN1c1cc(N2CC(n3cc(Cl)cn3)C2)ncn1. The maximum absolute atomic E-state index is 10.1. The summed E-state index contributed by atoms with van der Waals surface area (Å²) in [6, 6.07) is 2.60. The molecule has 2 aliphatic heterocycles. The number of nitrogens with zero attached hydrogens (tertiary/aromatic N) is 7. The summed E-state index contributed by atoms with van der Waals surface area (Å²) in [6.45, 7) is 3.20. The highest BCUT2D eigenvalue weighted by molar-refractivity contribution is 6.30. The van der Waals surface area contributed by atoms with Crippen LogP contribution in [0.2, 0.25) is 5.02 Å². The molecule has 9 heteroatoms. The summed E-state index contributed by atoms with van der Waals surface area (Å²) in [5.41, 5.74) is 0. The molecule has 1 N–H and O–H groups in total. The van der Waals surface area contributed by atoms with Crippen LogP contribution in [0.3, 0.4) is 0 Å². The third kappa shape index (κ3) is 3.49. The third-order valence-corrected chi connectivity index (χ3v) is 5.23. The highest BCUT2D eigenvalue weighted by Crippen LogP contribution is 2.30. The van der Waals surface area contributed by atoms with Gasteiger partial charge in [0.1, 0.15) is 18.0 Å². The van der Waals surface area contributed by atoms with Crippen molar-refractivity contribution < 1.29 is 5.11 Å². The maximum Gasteiger partial charge on any atom is 0.134 e. The van der Waals surface area contributed by atoms with Crippen LogP contribution in [-0.4, -0.2) is 82.2 Å². The van der Waals surface area contributed by atoms with Gasteiger partial charge in [-0.2, -0.15) is 5.10 Å². The van der Waals surface area contributed by atoms with Crippen LogP contribution in [0.5, 0.6) is 0 Å². The summed E-state index contributed by atoms with van der Waals surface area (Å²) in [5, 5.41) is 15.0. The van der Waals surface area contributed by atoms with Crippen molar-refractivity contribution in [3.05, 3.63) is 29.8 Å². The van der Waals surface area contributed by atoms with Gasteiger partial charge in [-0.05, 0) is 20.5 Å². The van der Waals surface area contributed by atoms with Crippen molar-refractivity contribution in [1.82, 2.24) is 24.6 Å². The molecule has 0 saturated carbocycles. The summed E-state index contributed by atoms with van der Waals surface area (Å²) in [6.07, 6.45) is 5.59. The Labute approximate surface area is 158 Å². The van der Waals surface area contributed by atoms with E-state index in [0.717, 1.165) is 37.7 Å². The van der Waals surface area contributed by atoms with E-state index in [4.69, 9.17) is 11.6 Å². The zero-order valence-corrected chi connectivity index (χ0v) is 15.8. The minimum Gasteiger partial charge on any atom is -0.391 e. The molecule has 0 aliphatic carbocycles. The second-order valence-corrected chi connectivity index (χ2v) is 7.83. The van der Waals surface area contributed by atoms with Gasteiger partial charge >= 0.3 is 0 Å². The summed E-state index contributed by atoms with van der Waals surface area (Å²) < 4.78 is 1.91. The summed E-state index contributed by atoms with van der Waals surface area (Å²) in [4.78, 5) is 15.4. The number of anilines is 2. The molecule has 4 rings (SSSR count). The molecule has 2 aromatic rings. The first-order chi connectivity index (χ1) is 12.5. The molecule has 8 nitrogen and oxygen atoms in total. The minimum atomic E-state index is -0.309. The normalized spacial score (nSPS) is 23.7. The van der Waals surface area contributed by atoms with E-state index in [1.165, 1.54) is 0 Å². The number of halogens is 1. The molecular weight excluding hydrogens is 354 g/mol. The van der Waals surface area contributed by atoms with E-state index in [2.05, 4.69) is 43.9 Å². The molecule has 2 fully saturated rings. The van der Waals surface area contributed by atoms with E-state index in [1.807, 2.05) is 16.9 Å². The van der Waals surface area contributed by atoms with Crippen LogP contribution in [0.25, 0.3) is 0 Å². The van der Waals surface area contributed by atoms with E-state index >= 15 is 0 Å². The molecule has 140 valence electrons. The lowest BCUT2D eigenvalue weighted by Crippen LogP contribution is -2.48. The van der Waals surface area contributed by atoms with Gasteiger partial charge < -0.3 is 19.8 Å². The van der Waals surface area contributed by atoms with Gasteiger partial charge in [-0.25, -0.2) is 9.97 Å². The molecule has 4 heterocycles. The molecule has 0 spiro atoms. The molecule has 2 aromatic heterocycles. The smallest absolute Gasteiger partial charge is 0.134 e. The molecule has 0 amide bonds. The first-order valence-electron chi connectivity index (χ1n) is 8.85. The first-order valence-corrected chi connectivity index (χ1v) is 9.23. The van der Waals surface area contributed by atoms with Gasteiger partial charge in [-0.1, -0.05) is 11.6 Å². The van der Waals surface area contributed by atoms with Crippen molar-refractivity contribution in [2.75, 3.05) is 50.1 Å². The Bertz CT molecular complexity index is 761. The van der Waals surface area contributed by atoms with Crippen molar-refractivity contribution in [3.8, 4) is 0 Å². The van der Waals surface area contributed by atoms with Gasteiger partial charge in [0.15, 0.2) is 0 Å². The second kappa shape index (κ2) is 7.02. The Morgan fingerprint density at radius 2 is 2.00 bits per heavy atom. The largest absolute Gasteiger partial charge is 0.391 e. The molecule has 2 aliphatic rings. The van der Waals surface area contributed by atoms with Crippen molar-refractivity contribution in [2.24, 2.45) is 0 Å². The predicted molar refractivity (Wildman–Crippen MR) is 101 cm³/mol. The summed E-state index contributed by atoms with van der Waals surface area (Å²) >= 11 is 5.95. The molecule has 0 radical (unpaired) electrons. The van der Waals surface area contributed by atoms with Gasteiger partial charge in [0.05, 0.1) is 23.4 Å². The van der Waals surface area contributed by atoms with E-state index < -0.39 is 0 Å². The molecule has 0 unspecified atom stereocenters. The van der Waals surface area contributed by atoms with Gasteiger partial charge in [-0.15, -0.1) is 0 Å². The summed E-state index contributed by atoms with van der Waals surface area (Å²) in [7, 11) is 4.10. The lowest BCUT2D eigenvalue weighted by molar-refractivity contribution is 0.191. The fourth-order valence-electron chi connectivity index (χ4n) is 3.76. The van der Waals surface area contributed by atoms with Crippen LogP contribution in [0.1, 0.15) is 12.5 Å². The predicted octanol–water partition coefficient (Wildman–Crippen LogP) is 0.889. The van der Waals surface area contributed by atoms with Crippen molar-refractivity contribution in [2.45, 2.75) is 24.6 Å². The van der Waals surface area contributed by atoms with Gasteiger partial charge in [-0.3, -0.25) is 4.68 Å². The maximum atomic E-state index is 10.1. The summed E-state index contributed by atoms with van der Waals surface area (Å²) in [5.74, 6) is 1.79. The number of rotatable bonds is 5. The fourth-order valence-corrected chi connectivity index (χ4v) is 3.90. The standard InChI is InChI=1S/C17H24ClN7O/c1-22(2)7-13-3-15(26)10-24(13)17-4-16(19-11-20-17)23-8-14(9-23)25-6-12(18)5-21-25/h4-6,11,13-15,26H,3,7-10H2,1-2H3/t13-,15-/m1/s1. The lowest BCUT2D eigenvalue weighted by Gasteiger charge is -2.40. The second-order valence-electron chi connectivity index (χ2n) is 7.39. The molecule has 0 aromatic carbocycles. The molecule has 2 saturated heterocycles. The highest BCUT2D eigenvalue weighted by atomic mass is 35.5. The first kappa shape index (κ1) is 17.5. The van der Waals surface area contributed by atoms with Crippen LogP contribution in [0.15, 0.2) is 24.8 Å². The Kier molecular flexibility index (Phi) is 4.73. The zero-order chi connectivity index (χ0) is 18.3. The number of aromatic nitrogens is 4. The van der Waals surface area contributed by atoms with Crippen LogP contribution in [0.4, 0.5) is 11.6 Å². The monoisotopic (exact) mass is 377 g/mol. The number of hydrogen-bond donors (Lipinski definition) is 1. The number of aliphatic hydroxyl groups excluding tert-OH is 1. The van der Waals surface area contributed by atoms with Crippen molar-refractivity contribution >= 4 is 23.2 Å². The average molecular weight is 378 g/mol. The lowest BCUT2D eigenvalue weighted by atomic mass is 10.1. The minimum absolute atomic E-state index is 0.262. The van der Waals surface area contributed by atoms with Gasteiger partial charge in [0.2, 0.25) is 0 Å². The Morgan fingerprint density at radius 3 is 2.69 bits per heavy atom. The van der Waals surface area contributed by atoms with Crippen LogP contribution < -0.4 is 9.80 Å². The quantitative estimate of drug-likeness (QED) is 0.829. The van der Waals surface area contributed by atoms with Gasteiger partial charge in [0.25, 0.3) is 0 Å². The Hall–Kier alpha value is -1.90. The van der Waals surface area contributed by atoms with E-state index in [0.29, 0.717) is 17.6 Å². The van der Waals surface area contributed by atoms with Gasteiger partial charge in [0, 0.05) is 44.5 Å². The molecule has 26 heavy (non-hydrogen) atoms. The van der Waals surface area contributed by atoms with E-state index in [9.17, 15) is 5.11 Å². The van der Waals surface area contributed by atoms with E-state index in [-0.39, 0.29) is 12.1 Å². The Balaban J connectivity index is 1.45. The Morgan fingerprint density at radius 1 is 1.23 bits per heavy atom. The number of likely N-dealkylation sites (N-methyl/N-ethyl adjacent to an activating group) is 1. The molecule has 0 bridgehead atoms. The average Bonchev–Trinajstić information content (AvgIpc) is 3.12. The van der Waals surface area contributed by atoms with Crippen LogP contribution >= 0.6 is 11.6 Å². The zero-order valence-electron chi connectivity index (χ0n) is 15.0. The van der Waals surface area contributed by atoms with Crippen LogP contribution in [0, 0.1) is 0 Å². The van der Waals surface area contributed by atoms with Crippen LogP contribution in [-0.2, 0) is 0 Å². The van der Waals surface area contributed by atoms with E-state index in [1.54, 1.807) is 12.5 Å². The molecular formula is C17H24ClN7O. The fraction of sp³-hybridized carbons (Fsp3) is 0.588.